The van der Waals surface area contributed by atoms with Crippen LogP contribution in [0.5, 0.6) is 0 Å². The number of carbonyl (C=O) groups is 1. The minimum Gasteiger partial charge on any atom is -0.444 e. The molecule has 0 spiro atoms. The molecule has 27 heavy (non-hydrogen) atoms. The van der Waals surface area contributed by atoms with Gasteiger partial charge in [0.2, 0.25) is 10.0 Å². The first-order chi connectivity index (χ1) is 12.8. The van der Waals surface area contributed by atoms with E-state index >= 15 is 0 Å². The summed E-state index contributed by atoms with van der Waals surface area (Å²) in [6, 6.07) is 10.6. The predicted molar refractivity (Wildman–Crippen MR) is 108 cm³/mol. The van der Waals surface area contributed by atoms with Crippen LogP contribution < -0.4 is 10.2 Å². The smallest absolute Gasteiger partial charge is 0.287 e. The molecule has 1 aliphatic heterocycles. The van der Waals surface area contributed by atoms with Crippen molar-refractivity contribution in [2.75, 3.05) is 43.4 Å². The maximum absolute atomic E-state index is 12.5. The summed E-state index contributed by atoms with van der Waals surface area (Å²) in [5.74, 6) is -0.464. The maximum atomic E-state index is 12.5. The Morgan fingerprint density at radius 3 is 2.56 bits per heavy atom. The van der Waals surface area contributed by atoms with E-state index in [-0.39, 0.29) is 18.1 Å². The Bertz CT molecular complexity index is 910. The molecule has 1 saturated heterocycles. The topological polar surface area (TPSA) is 82.9 Å². The van der Waals surface area contributed by atoms with E-state index in [4.69, 9.17) is 16.0 Å². The summed E-state index contributed by atoms with van der Waals surface area (Å²) in [7, 11) is -3.44. The van der Waals surface area contributed by atoms with E-state index in [1.54, 1.807) is 6.07 Å². The van der Waals surface area contributed by atoms with E-state index < -0.39 is 15.9 Å². The van der Waals surface area contributed by atoms with Crippen molar-refractivity contribution in [3.8, 4) is 0 Å². The maximum Gasteiger partial charge on any atom is 0.287 e. The molecule has 1 N–H and O–H groups in total. The fourth-order valence-electron chi connectivity index (χ4n) is 2.84. The Kier molecular flexibility index (Phi) is 6.46. The van der Waals surface area contributed by atoms with Gasteiger partial charge in [0.1, 0.15) is 0 Å². The standard InChI is InChI=1S/C17H19BrClN3O4S/c18-16-5-4-15(26-16)17(23)20-6-11-27(24,25)22-9-7-21(8-10-22)14-3-1-2-13(19)12-14/h1-5,12H,6-11H2,(H,20,23). The normalized spacial score (nSPS) is 15.7. The molecule has 0 atom stereocenters. The van der Waals surface area contributed by atoms with Crippen molar-refractivity contribution < 1.29 is 17.6 Å². The number of piperazine rings is 1. The summed E-state index contributed by atoms with van der Waals surface area (Å²) in [5, 5.41) is 3.22. The third-order valence-corrected chi connectivity index (χ3v) is 6.78. The van der Waals surface area contributed by atoms with Gasteiger partial charge in [-0.25, -0.2) is 8.42 Å². The second-order valence-corrected chi connectivity index (χ2v) is 9.35. The van der Waals surface area contributed by atoms with E-state index in [0.717, 1.165) is 5.69 Å². The highest BCUT2D eigenvalue weighted by Crippen LogP contribution is 2.21. The lowest BCUT2D eigenvalue weighted by molar-refractivity contribution is 0.0927. The number of nitrogens with zero attached hydrogens (tertiary/aromatic N) is 2. The molecule has 10 heteroatoms. The molecule has 1 aliphatic rings. The lowest BCUT2D eigenvalue weighted by atomic mass is 10.2. The summed E-state index contributed by atoms with van der Waals surface area (Å²) < 4.78 is 32.1. The second-order valence-electron chi connectivity index (χ2n) is 6.04. The van der Waals surface area contributed by atoms with Gasteiger partial charge in [0, 0.05) is 43.4 Å². The van der Waals surface area contributed by atoms with Crippen molar-refractivity contribution in [3.05, 3.63) is 51.9 Å². The molecule has 0 saturated carbocycles. The van der Waals surface area contributed by atoms with Crippen molar-refractivity contribution in [2.45, 2.75) is 0 Å². The van der Waals surface area contributed by atoms with Crippen LogP contribution in [0.25, 0.3) is 0 Å². The molecule has 0 bridgehead atoms. The molecule has 0 unspecified atom stereocenters. The summed E-state index contributed by atoms with van der Waals surface area (Å²) in [6.07, 6.45) is 0. The fraction of sp³-hybridized carbons (Fsp3) is 0.353. The molecule has 1 aromatic carbocycles. The van der Waals surface area contributed by atoms with E-state index in [2.05, 4.69) is 26.1 Å². The van der Waals surface area contributed by atoms with Gasteiger partial charge in [-0.2, -0.15) is 4.31 Å². The lowest BCUT2D eigenvalue weighted by Gasteiger charge is -2.35. The first-order valence-electron chi connectivity index (χ1n) is 8.37. The first kappa shape index (κ1) is 20.2. The number of halogens is 2. The molecule has 7 nitrogen and oxygen atoms in total. The van der Waals surface area contributed by atoms with Gasteiger partial charge in [0.05, 0.1) is 5.75 Å². The summed E-state index contributed by atoms with van der Waals surface area (Å²) in [4.78, 5) is 14.0. The van der Waals surface area contributed by atoms with Crippen LogP contribution in [0.15, 0.2) is 45.5 Å². The second kappa shape index (κ2) is 8.64. The number of amides is 1. The Morgan fingerprint density at radius 2 is 1.93 bits per heavy atom. The average molecular weight is 477 g/mol. The van der Waals surface area contributed by atoms with Crippen LogP contribution in [-0.4, -0.2) is 57.1 Å². The van der Waals surface area contributed by atoms with Gasteiger partial charge in [-0.15, -0.1) is 0 Å². The van der Waals surface area contributed by atoms with Crippen molar-refractivity contribution in [2.24, 2.45) is 0 Å². The van der Waals surface area contributed by atoms with Crippen LogP contribution in [-0.2, 0) is 10.0 Å². The molecular weight excluding hydrogens is 458 g/mol. The zero-order valence-corrected chi connectivity index (χ0v) is 17.6. The molecule has 1 aromatic heterocycles. The SMILES string of the molecule is O=C(NCCS(=O)(=O)N1CCN(c2cccc(Cl)c2)CC1)c1ccc(Br)o1. The van der Waals surface area contributed by atoms with Crippen LogP contribution in [0.3, 0.4) is 0 Å². The van der Waals surface area contributed by atoms with Crippen LogP contribution in [0.4, 0.5) is 5.69 Å². The summed E-state index contributed by atoms with van der Waals surface area (Å²) in [5.41, 5.74) is 0.983. The Morgan fingerprint density at radius 1 is 1.19 bits per heavy atom. The van der Waals surface area contributed by atoms with Gasteiger partial charge in [-0.3, -0.25) is 4.79 Å². The van der Waals surface area contributed by atoms with E-state index in [1.807, 2.05) is 24.3 Å². The Hall–Kier alpha value is -1.55. The fourth-order valence-corrected chi connectivity index (χ4v) is 4.67. The van der Waals surface area contributed by atoms with Gasteiger partial charge in [0.15, 0.2) is 10.4 Å². The number of rotatable bonds is 6. The molecule has 2 aromatic rings. The molecule has 1 amide bonds. The van der Waals surface area contributed by atoms with Crippen LogP contribution >= 0.6 is 27.5 Å². The largest absolute Gasteiger partial charge is 0.444 e. The van der Waals surface area contributed by atoms with Crippen LogP contribution in [0, 0.1) is 0 Å². The molecule has 2 heterocycles. The molecule has 146 valence electrons. The third kappa shape index (κ3) is 5.25. The number of hydrogen-bond acceptors (Lipinski definition) is 5. The van der Waals surface area contributed by atoms with E-state index in [9.17, 15) is 13.2 Å². The highest BCUT2D eigenvalue weighted by molar-refractivity contribution is 9.10. The van der Waals surface area contributed by atoms with Crippen molar-refractivity contribution >= 4 is 49.1 Å². The number of carbonyl (C=O) groups excluding carboxylic acids is 1. The number of furan rings is 1. The molecule has 0 aliphatic carbocycles. The molecule has 3 rings (SSSR count). The minimum atomic E-state index is -3.44. The van der Waals surface area contributed by atoms with Gasteiger partial charge >= 0.3 is 0 Å². The minimum absolute atomic E-state index is 0.0218. The summed E-state index contributed by atoms with van der Waals surface area (Å²) in [6.45, 7) is 1.99. The number of hydrogen-bond donors (Lipinski definition) is 1. The van der Waals surface area contributed by atoms with Crippen molar-refractivity contribution in [1.82, 2.24) is 9.62 Å². The van der Waals surface area contributed by atoms with Gasteiger partial charge in [-0.05, 0) is 46.3 Å². The van der Waals surface area contributed by atoms with E-state index in [0.29, 0.717) is 35.9 Å². The van der Waals surface area contributed by atoms with Crippen LogP contribution in [0.1, 0.15) is 10.6 Å². The van der Waals surface area contributed by atoms with Gasteiger partial charge in [0.25, 0.3) is 5.91 Å². The zero-order chi connectivity index (χ0) is 19.4. The number of benzene rings is 1. The quantitative estimate of drug-likeness (QED) is 0.693. The van der Waals surface area contributed by atoms with Crippen molar-refractivity contribution in [1.29, 1.82) is 0 Å². The lowest BCUT2D eigenvalue weighted by Crippen LogP contribution is -2.50. The number of nitrogens with one attached hydrogen (secondary N) is 1. The Balaban J connectivity index is 1.49. The monoisotopic (exact) mass is 475 g/mol. The third-order valence-electron chi connectivity index (χ3n) is 4.25. The average Bonchev–Trinajstić information content (AvgIpc) is 3.08. The summed E-state index contributed by atoms with van der Waals surface area (Å²) >= 11 is 9.13. The molecular formula is C17H19BrClN3O4S. The van der Waals surface area contributed by atoms with Gasteiger partial charge < -0.3 is 14.6 Å². The Labute approximate surface area is 171 Å². The van der Waals surface area contributed by atoms with Crippen LogP contribution in [0.2, 0.25) is 5.02 Å². The number of anilines is 1. The highest BCUT2D eigenvalue weighted by atomic mass is 79.9. The molecule has 1 fully saturated rings. The van der Waals surface area contributed by atoms with E-state index in [1.165, 1.54) is 10.4 Å². The molecule has 0 radical (unpaired) electrons. The zero-order valence-electron chi connectivity index (χ0n) is 14.4. The predicted octanol–water partition coefficient (Wildman–Crippen LogP) is 2.58. The highest BCUT2D eigenvalue weighted by Gasteiger charge is 2.27. The van der Waals surface area contributed by atoms with Gasteiger partial charge in [-0.1, -0.05) is 17.7 Å². The number of sulfonamides is 1. The first-order valence-corrected chi connectivity index (χ1v) is 11.1. The van der Waals surface area contributed by atoms with Crippen molar-refractivity contribution in [3.63, 3.8) is 0 Å².